The fourth-order valence-corrected chi connectivity index (χ4v) is 1.61. The van der Waals surface area contributed by atoms with Crippen LogP contribution in [0.1, 0.15) is 0 Å². The first-order chi connectivity index (χ1) is 8.00. The van der Waals surface area contributed by atoms with Gasteiger partial charge in [-0.1, -0.05) is 0 Å². The summed E-state index contributed by atoms with van der Waals surface area (Å²) >= 11 is 0. The summed E-state index contributed by atoms with van der Waals surface area (Å²) in [5.74, 6) is 0. The van der Waals surface area contributed by atoms with Crippen LogP contribution in [-0.4, -0.2) is 34.5 Å². The Kier molecular flexibility index (Phi) is 2.55. The number of hydrogen-bond acceptors (Lipinski definition) is 3. The molecule has 0 radical (unpaired) electrons. The number of rotatable bonds is 1. The molecule has 1 aromatic heterocycles. The lowest BCUT2D eigenvalue weighted by Gasteiger charge is -2.11. The molecule has 0 unspecified atom stereocenters. The molecule has 2 rings (SSSR count). The highest BCUT2D eigenvalue weighted by atomic mass is 16.6. The molecular formula is C11H11N3O3. The van der Waals surface area contributed by atoms with Gasteiger partial charge in [0.15, 0.2) is 0 Å². The Morgan fingerprint density at radius 2 is 2.06 bits per heavy atom. The molecule has 0 fully saturated rings. The van der Waals surface area contributed by atoms with Crippen LogP contribution in [0.5, 0.6) is 0 Å². The lowest BCUT2D eigenvalue weighted by molar-refractivity contribution is -0.384. The maximum absolute atomic E-state index is 11.8. The van der Waals surface area contributed by atoms with Gasteiger partial charge in [-0.15, -0.1) is 0 Å². The van der Waals surface area contributed by atoms with Crippen LogP contribution in [0.3, 0.4) is 0 Å². The zero-order valence-corrected chi connectivity index (χ0v) is 9.45. The van der Waals surface area contributed by atoms with E-state index in [0.29, 0.717) is 5.52 Å². The third kappa shape index (κ3) is 1.84. The molecule has 0 bridgehead atoms. The summed E-state index contributed by atoms with van der Waals surface area (Å²) < 4.78 is 1.39. The Labute approximate surface area is 97.2 Å². The number of nitrogens with zero attached hydrogens (tertiary/aromatic N) is 3. The van der Waals surface area contributed by atoms with Gasteiger partial charge >= 0.3 is 6.03 Å². The van der Waals surface area contributed by atoms with Crippen molar-refractivity contribution in [1.29, 1.82) is 0 Å². The minimum absolute atomic E-state index is 0.0241. The zero-order chi connectivity index (χ0) is 12.6. The normalized spacial score (nSPS) is 10.5. The van der Waals surface area contributed by atoms with Crippen LogP contribution in [0, 0.1) is 10.1 Å². The van der Waals surface area contributed by atoms with E-state index in [2.05, 4.69) is 0 Å². The molecule has 0 aliphatic carbocycles. The predicted molar refractivity (Wildman–Crippen MR) is 63.1 cm³/mol. The van der Waals surface area contributed by atoms with Crippen molar-refractivity contribution in [3.8, 4) is 0 Å². The van der Waals surface area contributed by atoms with Crippen LogP contribution in [0.2, 0.25) is 0 Å². The van der Waals surface area contributed by atoms with Crippen molar-refractivity contribution >= 4 is 22.6 Å². The Balaban J connectivity index is 2.62. The lowest BCUT2D eigenvalue weighted by Crippen LogP contribution is -2.26. The highest BCUT2D eigenvalue weighted by molar-refractivity contribution is 5.92. The topological polar surface area (TPSA) is 68.4 Å². The molecular weight excluding hydrogens is 222 g/mol. The first kappa shape index (κ1) is 11.1. The minimum atomic E-state index is -0.475. The van der Waals surface area contributed by atoms with E-state index in [1.165, 1.54) is 21.6 Å². The number of aromatic nitrogens is 1. The molecule has 1 amide bonds. The summed E-state index contributed by atoms with van der Waals surface area (Å²) in [6.45, 7) is 0. The number of nitro groups is 1. The van der Waals surface area contributed by atoms with Crippen LogP contribution in [0.4, 0.5) is 10.5 Å². The molecule has 1 aromatic carbocycles. The van der Waals surface area contributed by atoms with E-state index >= 15 is 0 Å². The average molecular weight is 233 g/mol. The number of amides is 1. The molecule has 88 valence electrons. The van der Waals surface area contributed by atoms with Crippen molar-refractivity contribution in [3.63, 3.8) is 0 Å². The number of benzene rings is 1. The fraction of sp³-hybridized carbons (Fsp3) is 0.182. The monoisotopic (exact) mass is 233 g/mol. The van der Waals surface area contributed by atoms with Gasteiger partial charge in [0.25, 0.3) is 5.69 Å². The maximum Gasteiger partial charge on any atom is 0.328 e. The third-order valence-corrected chi connectivity index (χ3v) is 2.48. The number of non-ortho nitro benzene ring substituents is 1. The van der Waals surface area contributed by atoms with Gasteiger partial charge in [-0.2, -0.15) is 0 Å². The molecule has 0 saturated carbocycles. The maximum atomic E-state index is 11.8. The summed E-state index contributed by atoms with van der Waals surface area (Å²) in [5.41, 5.74) is 0.516. The van der Waals surface area contributed by atoms with E-state index in [-0.39, 0.29) is 11.7 Å². The van der Waals surface area contributed by atoms with Gasteiger partial charge in [-0.05, 0) is 12.1 Å². The molecule has 0 saturated heterocycles. The van der Waals surface area contributed by atoms with Crippen molar-refractivity contribution < 1.29 is 9.72 Å². The Bertz CT molecular complexity index is 601. The van der Waals surface area contributed by atoms with E-state index in [0.717, 1.165) is 5.39 Å². The van der Waals surface area contributed by atoms with Gasteiger partial charge in [0, 0.05) is 37.8 Å². The van der Waals surface area contributed by atoms with Crippen molar-refractivity contribution in [2.75, 3.05) is 14.1 Å². The number of nitro benzene ring substituents is 1. The van der Waals surface area contributed by atoms with Gasteiger partial charge in [0.05, 0.1) is 10.4 Å². The fourth-order valence-electron chi connectivity index (χ4n) is 1.61. The first-order valence-corrected chi connectivity index (χ1v) is 4.98. The van der Waals surface area contributed by atoms with E-state index in [1.54, 1.807) is 32.4 Å². The van der Waals surface area contributed by atoms with Crippen molar-refractivity contribution in [1.82, 2.24) is 9.47 Å². The van der Waals surface area contributed by atoms with Gasteiger partial charge in [-0.3, -0.25) is 14.7 Å². The molecule has 6 nitrogen and oxygen atoms in total. The van der Waals surface area contributed by atoms with Gasteiger partial charge in [0.1, 0.15) is 0 Å². The number of carbonyl (C=O) groups is 1. The SMILES string of the molecule is CN(C)C(=O)n1ccc2ccc([N+](=O)[O-])cc21. The van der Waals surface area contributed by atoms with Crippen LogP contribution in [-0.2, 0) is 0 Å². The molecule has 17 heavy (non-hydrogen) atoms. The van der Waals surface area contributed by atoms with Gasteiger partial charge in [0.2, 0.25) is 0 Å². The zero-order valence-electron chi connectivity index (χ0n) is 9.45. The Morgan fingerprint density at radius 3 is 2.65 bits per heavy atom. The van der Waals surface area contributed by atoms with Crippen molar-refractivity contribution in [2.45, 2.75) is 0 Å². The largest absolute Gasteiger partial charge is 0.330 e. The molecule has 0 aliphatic rings. The lowest BCUT2D eigenvalue weighted by atomic mass is 10.2. The molecule has 2 aromatic rings. The van der Waals surface area contributed by atoms with Crippen LogP contribution in [0.15, 0.2) is 30.5 Å². The van der Waals surface area contributed by atoms with Crippen LogP contribution < -0.4 is 0 Å². The van der Waals surface area contributed by atoms with E-state index in [9.17, 15) is 14.9 Å². The summed E-state index contributed by atoms with van der Waals surface area (Å²) in [7, 11) is 3.26. The molecule has 0 aliphatic heterocycles. The first-order valence-electron chi connectivity index (χ1n) is 4.98. The smallest absolute Gasteiger partial charge is 0.328 e. The van der Waals surface area contributed by atoms with Crippen molar-refractivity contribution in [3.05, 3.63) is 40.6 Å². The second-order valence-electron chi connectivity index (χ2n) is 3.86. The molecule has 1 heterocycles. The summed E-state index contributed by atoms with van der Waals surface area (Å²) in [5, 5.41) is 11.5. The molecule has 6 heteroatoms. The summed E-state index contributed by atoms with van der Waals surface area (Å²) in [4.78, 5) is 23.4. The van der Waals surface area contributed by atoms with E-state index < -0.39 is 4.92 Å². The van der Waals surface area contributed by atoms with E-state index in [1.807, 2.05) is 0 Å². The van der Waals surface area contributed by atoms with Crippen LogP contribution >= 0.6 is 0 Å². The highest BCUT2D eigenvalue weighted by Gasteiger charge is 2.13. The van der Waals surface area contributed by atoms with Crippen LogP contribution in [0.25, 0.3) is 10.9 Å². The quantitative estimate of drug-likeness (QED) is 0.559. The molecule has 0 spiro atoms. The standard InChI is InChI=1S/C11H11N3O3/c1-12(2)11(15)13-6-5-8-3-4-9(14(16)17)7-10(8)13/h3-7H,1-2H3. The summed E-state index contributed by atoms with van der Waals surface area (Å²) in [6.07, 6.45) is 1.61. The predicted octanol–water partition coefficient (Wildman–Crippen LogP) is 2.08. The van der Waals surface area contributed by atoms with E-state index in [4.69, 9.17) is 0 Å². The number of fused-ring (bicyclic) bond motifs is 1. The highest BCUT2D eigenvalue weighted by Crippen LogP contribution is 2.22. The molecule has 0 atom stereocenters. The third-order valence-electron chi connectivity index (χ3n) is 2.48. The average Bonchev–Trinajstić information content (AvgIpc) is 2.70. The van der Waals surface area contributed by atoms with Crippen molar-refractivity contribution in [2.24, 2.45) is 0 Å². The van der Waals surface area contributed by atoms with Gasteiger partial charge in [-0.25, -0.2) is 4.79 Å². The van der Waals surface area contributed by atoms with Gasteiger partial charge < -0.3 is 4.90 Å². The Hall–Kier alpha value is -2.37. The summed E-state index contributed by atoms with van der Waals surface area (Å²) in [6, 6.07) is 5.97. The second kappa shape index (κ2) is 3.89. The Morgan fingerprint density at radius 1 is 1.35 bits per heavy atom. The molecule has 0 N–H and O–H groups in total. The second-order valence-corrected chi connectivity index (χ2v) is 3.86. The number of hydrogen-bond donors (Lipinski definition) is 0. The minimum Gasteiger partial charge on any atom is -0.330 e. The number of carbonyl (C=O) groups excluding carboxylic acids is 1.